The molecule has 0 heterocycles. The second-order valence-corrected chi connectivity index (χ2v) is 3.64. The highest BCUT2D eigenvalue weighted by atomic mass is 19.4. The average Bonchev–Trinajstić information content (AvgIpc) is 2.03. The highest BCUT2D eigenvalue weighted by molar-refractivity contribution is 5.11. The maximum Gasteiger partial charge on any atom is 0.395 e. The van der Waals surface area contributed by atoms with E-state index in [1.165, 1.54) is 12.2 Å². The van der Waals surface area contributed by atoms with Gasteiger partial charge in [-0.05, 0) is 19.3 Å². The molecule has 0 spiro atoms. The Labute approximate surface area is 80.9 Å². The van der Waals surface area contributed by atoms with Crippen molar-refractivity contribution in [2.24, 2.45) is 5.92 Å². The molecule has 0 aliphatic heterocycles. The lowest BCUT2D eigenvalue weighted by Gasteiger charge is -2.30. The second kappa shape index (κ2) is 3.77. The van der Waals surface area contributed by atoms with Crippen molar-refractivity contribution in [1.29, 1.82) is 0 Å². The summed E-state index contributed by atoms with van der Waals surface area (Å²) in [4.78, 5) is 0. The van der Waals surface area contributed by atoms with Crippen LogP contribution in [0.15, 0.2) is 24.8 Å². The van der Waals surface area contributed by atoms with Gasteiger partial charge in [0.25, 0.3) is 0 Å². The molecule has 80 valence electrons. The molecule has 0 fully saturated rings. The maximum atomic E-state index is 12.2. The first-order chi connectivity index (χ1) is 6.37. The van der Waals surface area contributed by atoms with Crippen molar-refractivity contribution in [3.63, 3.8) is 0 Å². The van der Waals surface area contributed by atoms with E-state index in [1.807, 2.05) is 0 Å². The Kier molecular flexibility index (Phi) is 3.04. The fraction of sp³-hybridized carbons (Fsp3) is 0.600. The summed E-state index contributed by atoms with van der Waals surface area (Å²) in [5.74, 6) is -1.41. The highest BCUT2D eigenvalue weighted by Gasteiger charge is 2.41. The molecule has 0 aromatic carbocycles. The Balaban J connectivity index is 2.68. The number of halogens is 3. The van der Waals surface area contributed by atoms with Crippen LogP contribution < -0.4 is 0 Å². The van der Waals surface area contributed by atoms with Gasteiger partial charge in [-0.1, -0.05) is 18.2 Å². The van der Waals surface area contributed by atoms with Crippen molar-refractivity contribution >= 4 is 0 Å². The summed E-state index contributed by atoms with van der Waals surface area (Å²) in [6.07, 6.45) is 0.00567. The maximum absolute atomic E-state index is 12.2. The summed E-state index contributed by atoms with van der Waals surface area (Å²) in [5.41, 5.74) is -1.12. The quantitative estimate of drug-likeness (QED) is 0.689. The summed E-state index contributed by atoms with van der Waals surface area (Å²) in [7, 11) is 0. The van der Waals surface area contributed by atoms with Crippen molar-refractivity contribution in [1.82, 2.24) is 0 Å². The largest absolute Gasteiger partial charge is 0.395 e. The average molecular weight is 206 g/mol. The van der Waals surface area contributed by atoms with Crippen LogP contribution in [0.25, 0.3) is 0 Å². The second-order valence-electron chi connectivity index (χ2n) is 3.64. The third-order valence-corrected chi connectivity index (χ3v) is 2.45. The molecule has 0 aromatic heterocycles. The molecule has 1 aliphatic carbocycles. The first-order valence-electron chi connectivity index (χ1n) is 4.47. The standard InChI is InChI=1S/C10H13F3O/c1-2-5-9(14)6-3-8(4-7-9)10(11,12)13/h2-3,6,8,14H,1,4-5,7H2. The molecule has 0 aromatic rings. The molecule has 4 heteroatoms. The van der Waals surface area contributed by atoms with Crippen LogP contribution in [0.1, 0.15) is 19.3 Å². The van der Waals surface area contributed by atoms with Crippen LogP contribution in [0.5, 0.6) is 0 Å². The SMILES string of the molecule is C=CCC1(O)C=CC(C(F)(F)F)CC1. The topological polar surface area (TPSA) is 20.2 Å². The van der Waals surface area contributed by atoms with Gasteiger partial charge in [-0.2, -0.15) is 13.2 Å². The minimum Gasteiger partial charge on any atom is -0.385 e. The van der Waals surface area contributed by atoms with Gasteiger partial charge in [0, 0.05) is 0 Å². The van der Waals surface area contributed by atoms with Gasteiger partial charge in [0.15, 0.2) is 0 Å². The lowest BCUT2D eigenvalue weighted by atomic mass is 9.83. The molecule has 2 unspecified atom stereocenters. The fourth-order valence-corrected chi connectivity index (χ4v) is 1.57. The van der Waals surface area contributed by atoms with E-state index >= 15 is 0 Å². The number of hydrogen-bond donors (Lipinski definition) is 1. The van der Waals surface area contributed by atoms with Gasteiger partial charge in [0.1, 0.15) is 0 Å². The van der Waals surface area contributed by atoms with Gasteiger partial charge in [0.05, 0.1) is 11.5 Å². The van der Waals surface area contributed by atoms with Crippen LogP contribution in [0.3, 0.4) is 0 Å². The molecule has 1 N–H and O–H groups in total. The molecular weight excluding hydrogens is 193 g/mol. The molecule has 1 aliphatic rings. The Morgan fingerprint density at radius 1 is 1.57 bits per heavy atom. The van der Waals surface area contributed by atoms with Crippen LogP contribution in [0.2, 0.25) is 0 Å². The van der Waals surface area contributed by atoms with Crippen molar-refractivity contribution < 1.29 is 18.3 Å². The van der Waals surface area contributed by atoms with Gasteiger partial charge in [0.2, 0.25) is 0 Å². The third kappa shape index (κ3) is 2.61. The smallest absolute Gasteiger partial charge is 0.385 e. The van der Waals surface area contributed by atoms with Crippen LogP contribution in [-0.4, -0.2) is 16.9 Å². The van der Waals surface area contributed by atoms with E-state index in [1.54, 1.807) is 0 Å². The zero-order chi connectivity index (χ0) is 10.8. The molecular formula is C10H13F3O. The van der Waals surface area contributed by atoms with Crippen LogP contribution in [0.4, 0.5) is 13.2 Å². The molecule has 1 rings (SSSR count). The molecule has 1 nitrogen and oxygen atoms in total. The molecule has 0 bridgehead atoms. The number of aliphatic hydroxyl groups is 1. The van der Waals surface area contributed by atoms with Crippen LogP contribution in [0, 0.1) is 5.92 Å². The molecule has 0 radical (unpaired) electrons. The van der Waals surface area contributed by atoms with Gasteiger partial charge in [-0.15, -0.1) is 6.58 Å². The van der Waals surface area contributed by atoms with E-state index < -0.39 is 17.7 Å². The Morgan fingerprint density at radius 2 is 2.21 bits per heavy atom. The normalized spacial score (nSPS) is 33.0. The molecule has 14 heavy (non-hydrogen) atoms. The number of allylic oxidation sites excluding steroid dienone is 1. The fourth-order valence-electron chi connectivity index (χ4n) is 1.57. The van der Waals surface area contributed by atoms with E-state index in [2.05, 4.69) is 6.58 Å². The summed E-state index contributed by atoms with van der Waals surface area (Å²) in [6, 6.07) is 0. The first kappa shape index (κ1) is 11.3. The summed E-state index contributed by atoms with van der Waals surface area (Å²) in [6.45, 7) is 3.45. The minimum absolute atomic E-state index is 0.0513. The summed E-state index contributed by atoms with van der Waals surface area (Å²) >= 11 is 0. The molecule has 0 amide bonds. The Bertz CT molecular complexity index is 244. The van der Waals surface area contributed by atoms with Crippen molar-refractivity contribution in [2.45, 2.75) is 31.0 Å². The summed E-state index contributed by atoms with van der Waals surface area (Å²) < 4.78 is 36.7. The Morgan fingerprint density at radius 3 is 2.57 bits per heavy atom. The zero-order valence-electron chi connectivity index (χ0n) is 7.72. The predicted octanol–water partition coefficient (Wildman–Crippen LogP) is 2.82. The summed E-state index contributed by atoms with van der Waals surface area (Å²) in [5, 5.41) is 9.73. The van der Waals surface area contributed by atoms with Crippen molar-refractivity contribution in [3.05, 3.63) is 24.8 Å². The van der Waals surface area contributed by atoms with Gasteiger partial charge >= 0.3 is 6.18 Å². The van der Waals surface area contributed by atoms with Gasteiger partial charge in [-0.3, -0.25) is 0 Å². The van der Waals surface area contributed by atoms with E-state index in [0.29, 0.717) is 6.42 Å². The Hall–Kier alpha value is -0.770. The van der Waals surface area contributed by atoms with Crippen molar-refractivity contribution in [2.75, 3.05) is 0 Å². The van der Waals surface area contributed by atoms with E-state index in [-0.39, 0.29) is 12.8 Å². The zero-order valence-corrected chi connectivity index (χ0v) is 7.72. The third-order valence-electron chi connectivity index (χ3n) is 2.45. The predicted molar refractivity (Wildman–Crippen MR) is 47.7 cm³/mol. The van der Waals surface area contributed by atoms with Gasteiger partial charge < -0.3 is 5.11 Å². The lowest BCUT2D eigenvalue weighted by molar-refractivity contribution is -0.166. The number of rotatable bonds is 2. The first-order valence-corrected chi connectivity index (χ1v) is 4.47. The van der Waals surface area contributed by atoms with E-state index in [4.69, 9.17) is 0 Å². The van der Waals surface area contributed by atoms with Crippen LogP contribution in [-0.2, 0) is 0 Å². The minimum atomic E-state index is -4.19. The van der Waals surface area contributed by atoms with Crippen LogP contribution >= 0.6 is 0 Å². The van der Waals surface area contributed by atoms with Gasteiger partial charge in [-0.25, -0.2) is 0 Å². The lowest BCUT2D eigenvalue weighted by Crippen LogP contribution is -2.33. The molecule has 0 saturated carbocycles. The monoisotopic (exact) mass is 206 g/mol. The molecule has 0 saturated heterocycles. The van der Waals surface area contributed by atoms with E-state index in [9.17, 15) is 18.3 Å². The highest BCUT2D eigenvalue weighted by Crippen LogP contribution is 2.37. The number of alkyl halides is 3. The molecule has 2 atom stereocenters. The van der Waals surface area contributed by atoms with Crippen molar-refractivity contribution in [3.8, 4) is 0 Å². The number of hydrogen-bond acceptors (Lipinski definition) is 1. The van der Waals surface area contributed by atoms with E-state index in [0.717, 1.165) is 6.08 Å².